The minimum absolute atomic E-state index is 0.567. The molecule has 0 atom stereocenters. The molecule has 51 heavy (non-hydrogen) atoms. The average molecular weight is 655 g/mol. The summed E-state index contributed by atoms with van der Waals surface area (Å²) < 4.78 is 8.78. The van der Waals surface area contributed by atoms with Crippen LogP contribution in [0.1, 0.15) is 5.56 Å². The molecular weight excluding hydrogens is 625 g/mol. The highest BCUT2D eigenvalue weighted by Gasteiger charge is 2.19. The first-order valence-electron chi connectivity index (χ1n) is 17.1. The number of rotatable bonds is 5. The Morgan fingerprint density at radius 1 is 0.431 bits per heavy atom. The lowest BCUT2D eigenvalue weighted by atomic mass is 10.0. The smallest absolute Gasteiger partial charge is 0.167 e. The maximum Gasteiger partial charge on any atom is 0.167 e. The fourth-order valence-electron chi connectivity index (χ4n) is 7.28. The van der Waals surface area contributed by atoms with Gasteiger partial charge in [-0.1, -0.05) is 127 Å². The van der Waals surface area contributed by atoms with Crippen LogP contribution in [0.5, 0.6) is 0 Å². The summed E-state index contributed by atoms with van der Waals surface area (Å²) in [6.07, 6.45) is 0. The third-order valence-corrected chi connectivity index (χ3v) is 9.75. The number of hydrogen-bond donors (Lipinski definition) is 0. The molecule has 240 valence electrons. The Labute approximate surface area is 294 Å². The van der Waals surface area contributed by atoms with Gasteiger partial charge < -0.3 is 8.98 Å². The predicted octanol–water partition coefficient (Wildman–Crippen LogP) is 11.8. The molecule has 0 aliphatic heterocycles. The van der Waals surface area contributed by atoms with Crippen molar-refractivity contribution in [3.05, 3.63) is 169 Å². The lowest BCUT2D eigenvalue weighted by Gasteiger charge is -2.13. The molecule has 3 aromatic heterocycles. The number of aryl methyl sites for hydroxylation is 1. The van der Waals surface area contributed by atoms with E-state index in [1.807, 2.05) is 60.7 Å². The minimum atomic E-state index is 0.567. The summed E-state index contributed by atoms with van der Waals surface area (Å²) in [6, 6.07) is 56.9. The topological polar surface area (TPSA) is 56.7 Å². The van der Waals surface area contributed by atoms with E-state index in [1.165, 1.54) is 33.0 Å². The van der Waals surface area contributed by atoms with Crippen LogP contribution in [0.25, 0.3) is 94.7 Å². The number of hydrogen-bond acceptors (Lipinski definition) is 4. The second kappa shape index (κ2) is 11.6. The van der Waals surface area contributed by atoms with E-state index in [4.69, 9.17) is 19.4 Å². The van der Waals surface area contributed by atoms with Gasteiger partial charge in [0.25, 0.3) is 0 Å². The minimum Gasteiger partial charge on any atom is -0.455 e. The molecule has 7 aromatic carbocycles. The van der Waals surface area contributed by atoms with Crippen molar-refractivity contribution in [3.8, 4) is 51.0 Å². The zero-order valence-electron chi connectivity index (χ0n) is 27.8. The van der Waals surface area contributed by atoms with E-state index < -0.39 is 0 Å². The number of furan rings is 1. The fourth-order valence-corrected chi connectivity index (χ4v) is 7.28. The number of nitrogens with zero attached hydrogens (tertiary/aromatic N) is 4. The summed E-state index contributed by atoms with van der Waals surface area (Å²) in [4.78, 5) is 15.1. The molecule has 3 heterocycles. The van der Waals surface area contributed by atoms with Gasteiger partial charge in [0.05, 0.1) is 16.6 Å². The van der Waals surface area contributed by atoms with Gasteiger partial charge in [0.1, 0.15) is 11.2 Å². The van der Waals surface area contributed by atoms with Crippen molar-refractivity contribution in [1.82, 2.24) is 19.5 Å². The molecule has 10 aromatic rings. The van der Waals surface area contributed by atoms with Crippen LogP contribution in [0.4, 0.5) is 0 Å². The van der Waals surface area contributed by atoms with Gasteiger partial charge in [0.2, 0.25) is 0 Å². The standard InChI is InChI=1S/C46H30N4O/c1-29-21-23-30(24-22-29)34-15-9-16-37-35-13-5-7-19-40(35)50(42(34)37)33-27-25-32(26-28-33)45-47-44(31-11-3-2-4-12-31)48-46(49-45)39-18-10-17-38-36-14-6-8-20-41(36)51-43(38)39/h2-28H,1H3. The molecule has 5 nitrogen and oxygen atoms in total. The monoisotopic (exact) mass is 654 g/mol. The Kier molecular flexibility index (Phi) is 6.64. The molecule has 0 N–H and O–H groups in total. The van der Waals surface area contributed by atoms with Gasteiger partial charge in [0, 0.05) is 43.9 Å². The van der Waals surface area contributed by atoms with Gasteiger partial charge >= 0.3 is 0 Å². The van der Waals surface area contributed by atoms with Crippen molar-refractivity contribution in [3.63, 3.8) is 0 Å². The summed E-state index contributed by atoms with van der Waals surface area (Å²) in [5.74, 6) is 1.77. The third kappa shape index (κ3) is 4.82. The van der Waals surface area contributed by atoms with E-state index >= 15 is 0 Å². The number of para-hydroxylation sites is 4. The van der Waals surface area contributed by atoms with E-state index in [-0.39, 0.29) is 0 Å². The van der Waals surface area contributed by atoms with E-state index in [0.717, 1.165) is 49.8 Å². The van der Waals surface area contributed by atoms with E-state index in [1.54, 1.807) is 0 Å². The quantitative estimate of drug-likeness (QED) is 0.185. The van der Waals surface area contributed by atoms with Gasteiger partial charge in [0.15, 0.2) is 17.5 Å². The summed E-state index contributed by atoms with van der Waals surface area (Å²) in [7, 11) is 0. The average Bonchev–Trinajstić information content (AvgIpc) is 3.75. The highest BCUT2D eigenvalue weighted by atomic mass is 16.3. The lowest BCUT2D eigenvalue weighted by Crippen LogP contribution is -2.01. The first-order chi connectivity index (χ1) is 25.2. The second-order valence-electron chi connectivity index (χ2n) is 12.9. The van der Waals surface area contributed by atoms with Crippen molar-refractivity contribution in [2.75, 3.05) is 0 Å². The largest absolute Gasteiger partial charge is 0.455 e. The van der Waals surface area contributed by atoms with Crippen molar-refractivity contribution >= 4 is 43.7 Å². The summed E-state index contributed by atoms with van der Waals surface area (Å²) >= 11 is 0. The molecule has 0 spiro atoms. The Morgan fingerprint density at radius 2 is 1.02 bits per heavy atom. The van der Waals surface area contributed by atoms with Gasteiger partial charge in [-0.2, -0.15) is 0 Å². The van der Waals surface area contributed by atoms with Gasteiger partial charge in [-0.05, 0) is 55.0 Å². The molecule has 5 heteroatoms. The molecule has 0 aliphatic carbocycles. The first-order valence-corrected chi connectivity index (χ1v) is 17.1. The van der Waals surface area contributed by atoms with Crippen LogP contribution in [0, 0.1) is 6.92 Å². The number of benzene rings is 7. The zero-order chi connectivity index (χ0) is 33.9. The predicted molar refractivity (Wildman–Crippen MR) is 208 cm³/mol. The molecule has 0 unspecified atom stereocenters. The maximum absolute atomic E-state index is 6.40. The van der Waals surface area contributed by atoms with Crippen molar-refractivity contribution < 1.29 is 4.42 Å². The highest BCUT2D eigenvalue weighted by molar-refractivity contribution is 6.14. The maximum atomic E-state index is 6.40. The normalized spacial score (nSPS) is 11.6. The molecule has 0 amide bonds. The molecular formula is C46H30N4O. The van der Waals surface area contributed by atoms with E-state index in [0.29, 0.717) is 17.5 Å². The summed E-state index contributed by atoms with van der Waals surface area (Å²) in [5.41, 5.74) is 11.3. The van der Waals surface area contributed by atoms with Crippen LogP contribution in [-0.2, 0) is 0 Å². The summed E-state index contributed by atoms with van der Waals surface area (Å²) in [6.45, 7) is 2.13. The third-order valence-electron chi connectivity index (χ3n) is 9.75. The Morgan fingerprint density at radius 3 is 1.80 bits per heavy atom. The molecule has 0 saturated heterocycles. The van der Waals surface area contributed by atoms with Gasteiger partial charge in [-0.3, -0.25) is 0 Å². The number of fused-ring (bicyclic) bond motifs is 6. The number of aromatic nitrogens is 4. The van der Waals surface area contributed by atoms with Crippen molar-refractivity contribution in [1.29, 1.82) is 0 Å². The zero-order valence-corrected chi connectivity index (χ0v) is 27.8. The van der Waals surface area contributed by atoms with E-state index in [2.05, 4.69) is 115 Å². The van der Waals surface area contributed by atoms with Crippen LogP contribution in [0.3, 0.4) is 0 Å². The first kappa shape index (κ1) is 29.1. The Bertz CT molecular complexity index is 2900. The van der Waals surface area contributed by atoms with Crippen LogP contribution in [-0.4, -0.2) is 19.5 Å². The van der Waals surface area contributed by atoms with Crippen LogP contribution in [0.2, 0.25) is 0 Å². The molecule has 0 bridgehead atoms. The fraction of sp³-hybridized carbons (Fsp3) is 0.0217. The van der Waals surface area contributed by atoms with Gasteiger partial charge in [-0.15, -0.1) is 0 Å². The molecule has 0 saturated carbocycles. The van der Waals surface area contributed by atoms with Gasteiger partial charge in [-0.25, -0.2) is 15.0 Å². The Hall–Kier alpha value is -6.85. The van der Waals surface area contributed by atoms with Crippen LogP contribution in [0.15, 0.2) is 168 Å². The van der Waals surface area contributed by atoms with Crippen molar-refractivity contribution in [2.24, 2.45) is 0 Å². The SMILES string of the molecule is Cc1ccc(-c2cccc3c4ccccc4n(-c4ccc(-c5nc(-c6ccccc6)nc(-c6cccc7c6oc6ccccc67)n5)cc4)c23)cc1. The molecule has 10 rings (SSSR count). The molecule has 0 fully saturated rings. The van der Waals surface area contributed by atoms with Crippen LogP contribution < -0.4 is 0 Å². The Balaban J connectivity index is 1.15. The second-order valence-corrected chi connectivity index (χ2v) is 12.9. The lowest BCUT2D eigenvalue weighted by molar-refractivity contribution is 0.669. The molecule has 0 aliphatic rings. The summed E-state index contributed by atoms with van der Waals surface area (Å²) in [5, 5.41) is 4.55. The highest BCUT2D eigenvalue weighted by Crippen LogP contribution is 2.39. The van der Waals surface area contributed by atoms with Crippen LogP contribution >= 0.6 is 0 Å². The van der Waals surface area contributed by atoms with E-state index in [9.17, 15) is 0 Å². The van der Waals surface area contributed by atoms with Crippen molar-refractivity contribution in [2.45, 2.75) is 6.92 Å². The molecule has 0 radical (unpaired) electrons.